The molecule has 140 valence electrons. The van der Waals surface area contributed by atoms with Gasteiger partial charge in [-0.3, -0.25) is 0 Å². The number of carboxylic acid groups (broad SMARTS) is 1. The van der Waals surface area contributed by atoms with Gasteiger partial charge in [-0.2, -0.15) is 0 Å². The first kappa shape index (κ1) is 19.5. The van der Waals surface area contributed by atoms with E-state index in [0.717, 1.165) is 0 Å². The van der Waals surface area contributed by atoms with Gasteiger partial charge in [-0.25, -0.2) is 9.59 Å². The van der Waals surface area contributed by atoms with Crippen LogP contribution in [-0.4, -0.2) is 42.5 Å². The summed E-state index contributed by atoms with van der Waals surface area (Å²) in [4.78, 5) is 22.9. The molecular weight excluding hydrogens is 360 g/mol. The SMILES string of the molecule is CCOc1cc(C2NC(=S)NC(C)=C2C(=O)OC)ccc1OCC(=O)O. The Morgan fingerprint density at radius 1 is 1.27 bits per heavy atom. The molecule has 0 bridgehead atoms. The molecule has 2 rings (SSSR count). The molecule has 1 aliphatic heterocycles. The number of nitrogens with one attached hydrogen (secondary N) is 2. The molecule has 0 amide bonds. The number of ether oxygens (including phenoxy) is 3. The maximum Gasteiger partial charge on any atom is 0.341 e. The maximum absolute atomic E-state index is 12.2. The predicted octanol–water partition coefficient (Wildman–Crippen LogP) is 1.51. The Bertz CT molecular complexity index is 762. The third kappa shape index (κ3) is 4.42. The zero-order chi connectivity index (χ0) is 19.3. The van der Waals surface area contributed by atoms with E-state index in [4.69, 9.17) is 31.5 Å². The average molecular weight is 380 g/mol. The number of carbonyl (C=O) groups excluding carboxylic acids is 1. The van der Waals surface area contributed by atoms with Gasteiger partial charge in [0.15, 0.2) is 23.2 Å². The molecule has 0 saturated carbocycles. The molecule has 0 spiro atoms. The van der Waals surface area contributed by atoms with E-state index in [-0.39, 0.29) is 0 Å². The Morgan fingerprint density at radius 3 is 2.62 bits per heavy atom. The molecule has 8 nitrogen and oxygen atoms in total. The van der Waals surface area contributed by atoms with Crippen LogP contribution in [0.15, 0.2) is 29.5 Å². The lowest BCUT2D eigenvalue weighted by atomic mass is 9.95. The fraction of sp³-hybridized carbons (Fsp3) is 0.353. The van der Waals surface area contributed by atoms with E-state index >= 15 is 0 Å². The van der Waals surface area contributed by atoms with Crippen molar-refractivity contribution in [3.8, 4) is 11.5 Å². The van der Waals surface area contributed by atoms with Gasteiger partial charge in [-0.15, -0.1) is 0 Å². The van der Waals surface area contributed by atoms with E-state index in [9.17, 15) is 9.59 Å². The number of hydrogen-bond donors (Lipinski definition) is 3. The third-order valence-electron chi connectivity index (χ3n) is 3.63. The highest BCUT2D eigenvalue weighted by atomic mass is 32.1. The molecule has 0 saturated heterocycles. The summed E-state index contributed by atoms with van der Waals surface area (Å²) in [6.07, 6.45) is 0. The highest BCUT2D eigenvalue weighted by Gasteiger charge is 2.31. The van der Waals surface area contributed by atoms with E-state index in [1.54, 1.807) is 32.0 Å². The zero-order valence-electron chi connectivity index (χ0n) is 14.6. The van der Waals surface area contributed by atoms with Gasteiger partial charge in [0.25, 0.3) is 0 Å². The minimum Gasteiger partial charge on any atom is -0.490 e. The lowest BCUT2D eigenvalue weighted by molar-refractivity contribution is -0.139. The van der Waals surface area contributed by atoms with Crippen molar-refractivity contribution in [3.05, 3.63) is 35.0 Å². The van der Waals surface area contributed by atoms with Crippen molar-refractivity contribution in [1.82, 2.24) is 10.6 Å². The Morgan fingerprint density at radius 2 is 2.00 bits per heavy atom. The van der Waals surface area contributed by atoms with Gasteiger partial charge in [0.2, 0.25) is 0 Å². The quantitative estimate of drug-likeness (QED) is 0.479. The van der Waals surface area contributed by atoms with Gasteiger partial charge < -0.3 is 30.0 Å². The first-order valence-corrected chi connectivity index (χ1v) is 8.26. The van der Waals surface area contributed by atoms with Crippen LogP contribution in [0.1, 0.15) is 25.5 Å². The Labute approximate surface area is 156 Å². The number of hydrogen-bond acceptors (Lipinski definition) is 6. The second kappa shape index (κ2) is 8.52. The van der Waals surface area contributed by atoms with Gasteiger partial charge in [0, 0.05) is 5.70 Å². The number of carboxylic acids is 1. The van der Waals surface area contributed by atoms with Crippen LogP contribution >= 0.6 is 12.2 Å². The van der Waals surface area contributed by atoms with Crippen molar-refractivity contribution in [1.29, 1.82) is 0 Å². The normalized spacial score (nSPS) is 16.4. The van der Waals surface area contributed by atoms with E-state index < -0.39 is 24.6 Å². The van der Waals surface area contributed by atoms with Crippen molar-refractivity contribution in [3.63, 3.8) is 0 Å². The molecule has 1 aliphatic rings. The zero-order valence-corrected chi connectivity index (χ0v) is 15.4. The van der Waals surface area contributed by atoms with Crippen LogP contribution in [0.3, 0.4) is 0 Å². The van der Waals surface area contributed by atoms with Crippen LogP contribution in [0.4, 0.5) is 0 Å². The number of rotatable bonds is 7. The summed E-state index contributed by atoms with van der Waals surface area (Å²) in [6.45, 7) is 3.42. The number of carbonyl (C=O) groups is 2. The highest BCUT2D eigenvalue weighted by molar-refractivity contribution is 7.80. The van der Waals surface area contributed by atoms with Crippen molar-refractivity contribution >= 4 is 29.3 Å². The van der Waals surface area contributed by atoms with Crippen molar-refractivity contribution in [2.75, 3.05) is 20.3 Å². The van der Waals surface area contributed by atoms with E-state index in [0.29, 0.717) is 40.1 Å². The fourth-order valence-corrected chi connectivity index (χ4v) is 2.83. The van der Waals surface area contributed by atoms with Crippen LogP contribution in [0.25, 0.3) is 0 Å². The molecule has 9 heteroatoms. The predicted molar refractivity (Wildman–Crippen MR) is 97.1 cm³/mol. The van der Waals surface area contributed by atoms with Crippen molar-refractivity contribution in [2.24, 2.45) is 0 Å². The first-order chi connectivity index (χ1) is 12.4. The highest BCUT2D eigenvalue weighted by Crippen LogP contribution is 2.34. The van der Waals surface area contributed by atoms with E-state index in [2.05, 4.69) is 10.6 Å². The summed E-state index contributed by atoms with van der Waals surface area (Å²) in [7, 11) is 1.31. The van der Waals surface area contributed by atoms with Crippen LogP contribution < -0.4 is 20.1 Å². The van der Waals surface area contributed by atoms with Gasteiger partial charge in [0.1, 0.15) is 0 Å². The minimum atomic E-state index is -1.09. The first-order valence-electron chi connectivity index (χ1n) is 7.85. The summed E-state index contributed by atoms with van der Waals surface area (Å²) in [5.74, 6) is -0.901. The molecule has 1 unspecified atom stereocenters. The molecule has 0 fully saturated rings. The monoisotopic (exact) mass is 380 g/mol. The number of benzene rings is 1. The Hall–Kier alpha value is -2.81. The van der Waals surface area contributed by atoms with Crippen molar-refractivity contribution < 1.29 is 28.9 Å². The number of methoxy groups -OCH3 is 1. The van der Waals surface area contributed by atoms with E-state index in [1.807, 2.05) is 0 Å². The topological polar surface area (TPSA) is 106 Å². The maximum atomic E-state index is 12.2. The average Bonchev–Trinajstić information content (AvgIpc) is 2.59. The van der Waals surface area contributed by atoms with E-state index in [1.165, 1.54) is 7.11 Å². The molecule has 1 atom stereocenters. The largest absolute Gasteiger partial charge is 0.490 e. The molecule has 1 heterocycles. The third-order valence-corrected chi connectivity index (χ3v) is 3.85. The number of aliphatic carboxylic acids is 1. The van der Waals surface area contributed by atoms with Gasteiger partial charge in [0.05, 0.1) is 25.3 Å². The molecule has 0 aromatic heterocycles. The van der Waals surface area contributed by atoms with Crippen LogP contribution in [-0.2, 0) is 14.3 Å². The summed E-state index contributed by atoms with van der Waals surface area (Å²) in [5.41, 5.74) is 1.68. The smallest absolute Gasteiger partial charge is 0.341 e. The number of thiocarbonyl (C=S) groups is 1. The molecule has 3 N–H and O–H groups in total. The Balaban J connectivity index is 2.43. The molecule has 1 aromatic rings. The lowest BCUT2D eigenvalue weighted by Gasteiger charge is -2.30. The van der Waals surface area contributed by atoms with Crippen LogP contribution in [0.5, 0.6) is 11.5 Å². The molecule has 0 aliphatic carbocycles. The van der Waals surface area contributed by atoms with Gasteiger partial charge in [-0.05, 0) is 43.8 Å². The molecule has 0 radical (unpaired) electrons. The van der Waals surface area contributed by atoms with Crippen LogP contribution in [0, 0.1) is 0 Å². The number of esters is 1. The molecule has 26 heavy (non-hydrogen) atoms. The lowest BCUT2D eigenvalue weighted by Crippen LogP contribution is -2.45. The molecule has 1 aromatic carbocycles. The standard InChI is InChI=1S/C17H20N2O6S/c1-4-24-12-7-10(5-6-11(12)25-8-13(20)21)15-14(16(22)23-3)9(2)18-17(26)19-15/h5-7,15H,4,8H2,1-3H3,(H,20,21)(H2,18,19,26). The summed E-state index contributed by atoms with van der Waals surface area (Å²) in [5, 5.41) is 15.1. The van der Waals surface area contributed by atoms with Gasteiger partial charge >= 0.3 is 11.9 Å². The second-order valence-corrected chi connectivity index (χ2v) is 5.79. The summed E-state index contributed by atoms with van der Waals surface area (Å²) >= 11 is 5.19. The number of allylic oxidation sites excluding steroid dienone is 1. The summed E-state index contributed by atoms with van der Waals surface area (Å²) in [6, 6.07) is 4.45. The van der Waals surface area contributed by atoms with Gasteiger partial charge in [-0.1, -0.05) is 6.07 Å². The minimum absolute atomic E-state index is 0.301. The second-order valence-electron chi connectivity index (χ2n) is 5.38. The molecular formula is C17H20N2O6S. The van der Waals surface area contributed by atoms with Crippen molar-refractivity contribution in [2.45, 2.75) is 19.9 Å². The summed E-state index contributed by atoms with van der Waals surface area (Å²) < 4.78 is 15.7. The Kier molecular flexibility index (Phi) is 6.40. The van der Waals surface area contributed by atoms with Crippen LogP contribution in [0.2, 0.25) is 0 Å². The fourth-order valence-electron chi connectivity index (χ4n) is 2.56.